The third-order valence-electron chi connectivity index (χ3n) is 4.18. The Morgan fingerprint density at radius 2 is 1.87 bits per heavy atom. The molecule has 0 unspecified atom stereocenters. The molecule has 4 aromatic rings. The van der Waals surface area contributed by atoms with Crippen LogP contribution in [-0.4, -0.2) is 31.1 Å². The highest BCUT2D eigenvalue weighted by Gasteiger charge is 2.09. The monoisotopic (exact) mass is 434 g/mol. The van der Waals surface area contributed by atoms with E-state index in [9.17, 15) is 4.79 Å². The smallest absolute Gasteiger partial charge is 0.255 e. The SMILES string of the molecule is Cc1cc(Sc2ncccn2)ccc1NC(=O)c1ccc(CSc2ncn[nH]2)cc1. The molecule has 0 radical (unpaired) electrons. The molecule has 2 heterocycles. The molecule has 0 aliphatic rings. The predicted octanol–water partition coefficient (Wildman–Crippen LogP) is 4.60. The Kier molecular flexibility index (Phi) is 6.41. The van der Waals surface area contributed by atoms with Crippen LogP contribution in [-0.2, 0) is 5.75 Å². The van der Waals surface area contributed by atoms with Crippen molar-refractivity contribution in [1.82, 2.24) is 25.1 Å². The number of benzene rings is 2. The lowest BCUT2D eigenvalue weighted by Gasteiger charge is -2.10. The number of aryl methyl sites for hydroxylation is 1. The number of thioether (sulfide) groups is 1. The summed E-state index contributed by atoms with van der Waals surface area (Å²) >= 11 is 3.04. The van der Waals surface area contributed by atoms with Gasteiger partial charge < -0.3 is 5.32 Å². The van der Waals surface area contributed by atoms with Crippen molar-refractivity contribution in [3.8, 4) is 0 Å². The summed E-state index contributed by atoms with van der Waals surface area (Å²) in [4.78, 5) is 26.2. The van der Waals surface area contributed by atoms with Gasteiger partial charge in [0.25, 0.3) is 5.91 Å². The summed E-state index contributed by atoms with van der Waals surface area (Å²) in [5, 5.41) is 11.1. The van der Waals surface area contributed by atoms with Crippen LogP contribution in [0.15, 0.2) is 82.5 Å². The molecule has 9 heteroatoms. The number of nitrogens with one attached hydrogen (secondary N) is 2. The van der Waals surface area contributed by atoms with Crippen LogP contribution in [0.4, 0.5) is 5.69 Å². The van der Waals surface area contributed by atoms with E-state index < -0.39 is 0 Å². The number of aromatic amines is 1. The predicted molar refractivity (Wildman–Crippen MR) is 118 cm³/mol. The zero-order valence-corrected chi connectivity index (χ0v) is 17.7. The molecule has 0 spiro atoms. The average molecular weight is 435 g/mol. The van der Waals surface area contributed by atoms with Crippen LogP contribution in [0, 0.1) is 6.92 Å². The van der Waals surface area contributed by atoms with E-state index in [1.807, 2.05) is 49.4 Å². The van der Waals surface area contributed by atoms with Crippen molar-refractivity contribution in [3.63, 3.8) is 0 Å². The van der Waals surface area contributed by atoms with E-state index in [4.69, 9.17) is 0 Å². The Balaban J connectivity index is 1.37. The molecule has 2 aromatic carbocycles. The standard InChI is InChI=1S/C21H18N6OS2/c1-14-11-17(30-20-22-9-2-10-23-20)7-8-18(14)26-19(28)16-5-3-15(4-6-16)12-29-21-24-13-25-27-21/h2-11,13H,12H2,1H3,(H,26,28)(H,24,25,27). The van der Waals surface area contributed by atoms with E-state index in [0.29, 0.717) is 10.7 Å². The van der Waals surface area contributed by atoms with Gasteiger partial charge >= 0.3 is 0 Å². The third kappa shape index (κ3) is 5.25. The maximum Gasteiger partial charge on any atom is 0.255 e. The quantitative estimate of drug-likeness (QED) is 0.324. The van der Waals surface area contributed by atoms with Gasteiger partial charge in [0.1, 0.15) is 6.33 Å². The molecule has 2 aromatic heterocycles. The van der Waals surface area contributed by atoms with Crippen molar-refractivity contribution >= 4 is 35.1 Å². The van der Waals surface area contributed by atoms with Crippen molar-refractivity contribution in [1.29, 1.82) is 0 Å². The molecule has 0 saturated heterocycles. The second kappa shape index (κ2) is 9.55. The van der Waals surface area contributed by atoms with Crippen molar-refractivity contribution in [2.75, 3.05) is 5.32 Å². The summed E-state index contributed by atoms with van der Waals surface area (Å²) in [6, 6.07) is 15.2. The lowest BCUT2D eigenvalue weighted by molar-refractivity contribution is 0.102. The molecular weight excluding hydrogens is 416 g/mol. The minimum Gasteiger partial charge on any atom is -0.322 e. The van der Waals surface area contributed by atoms with Crippen LogP contribution in [0.5, 0.6) is 0 Å². The van der Waals surface area contributed by atoms with Gasteiger partial charge in [0.15, 0.2) is 10.3 Å². The minimum atomic E-state index is -0.140. The Bertz CT molecular complexity index is 1120. The first-order valence-electron chi connectivity index (χ1n) is 9.11. The lowest BCUT2D eigenvalue weighted by atomic mass is 10.1. The average Bonchev–Trinajstić information content (AvgIpc) is 3.29. The number of hydrogen-bond donors (Lipinski definition) is 2. The summed E-state index contributed by atoms with van der Waals surface area (Å²) in [5.41, 5.74) is 3.47. The van der Waals surface area contributed by atoms with Crippen LogP contribution in [0.3, 0.4) is 0 Å². The Labute approximate surface area is 182 Å². The minimum absolute atomic E-state index is 0.140. The molecule has 0 aliphatic heterocycles. The lowest BCUT2D eigenvalue weighted by Crippen LogP contribution is -2.12. The van der Waals surface area contributed by atoms with E-state index in [1.54, 1.807) is 30.2 Å². The van der Waals surface area contributed by atoms with Gasteiger partial charge in [0, 0.05) is 34.3 Å². The normalized spacial score (nSPS) is 10.7. The first kappa shape index (κ1) is 20.1. The van der Waals surface area contributed by atoms with Crippen LogP contribution < -0.4 is 5.32 Å². The molecule has 0 saturated carbocycles. The summed E-state index contributed by atoms with van der Waals surface area (Å²) in [6.07, 6.45) is 4.92. The first-order valence-corrected chi connectivity index (χ1v) is 10.9. The van der Waals surface area contributed by atoms with Crippen molar-refractivity contribution in [2.45, 2.75) is 27.9 Å². The van der Waals surface area contributed by atoms with Crippen LogP contribution in [0.2, 0.25) is 0 Å². The molecule has 0 aliphatic carbocycles. The second-order valence-corrected chi connectivity index (χ2v) is 8.35. The Morgan fingerprint density at radius 1 is 1.07 bits per heavy atom. The molecule has 0 fully saturated rings. The van der Waals surface area contributed by atoms with Crippen molar-refractivity contribution < 1.29 is 4.79 Å². The number of hydrogen-bond acceptors (Lipinski definition) is 7. The maximum atomic E-state index is 12.6. The number of nitrogens with zero attached hydrogens (tertiary/aromatic N) is 4. The maximum absolute atomic E-state index is 12.6. The fraction of sp³-hybridized carbons (Fsp3) is 0.0952. The van der Waals surface area contributed by atoms with E-state index in [-0.39, 0.29) is 5.91 Å². The van der Waals surface area contributed by atoms with Crippen LogP contribution in [0.25, 0.3) is 0 Å². The van der Waals surface area contributed by atoms with Gasteiger partial charge in [-0.05, 0) is 66.2 Å². The highest BCUT2D eigenvalue weighted by molar-refractivity contribution is 7.99. The Hall–Kier alpha value is -3.17. The highest BCUT2D eigenvalue weighted by Crippen LogP contribution is 2.28. The molecule has 30 heavy (non-hydrogen) atoms. The topological polar surface area (TPSA) is 96.5 Å². The van der Waals surface area contributed by atoms with E-state index in [2.05, 4.69) is 30.5 Å². The number of H-pyrrole nitrogens is 1. The van der Waals surface area contributed by atoms with E-state index in [1.165, 1.54) is 18.1 Å². The number of carbonyl (C=O) groups excluding carboxylic acids is 1. The molecule has 1 amide bonds. The van der Waals surface area contributed by atoms with Gasteiger partial charge in [0.2, 0.25) is 0 Å². The summed E-state index contributed by atoms with van der Waals surface area (Å²) in [5.74, 6) is 0.611. The summed E-state index contributed by atoms with van der Waals surface area (Å²) in [6.45, 7) is 1.97. The van der Waals surface area contributed by atoms with Gasteiger partial charge in [-0.2, -0.15) is 5.10 Å². The van der Waals surface area contributed by atoms with E-state index in [0.717, 1.165) is 32.6 Å². The zero-order valence-electron chi connectivity index (χ0n) is 16.1. The summed E-state index contributed by atoms with van der Waals surface area (Å²) in [7, 11) is 0. The first-order chi connectivity index (χ1) is 14.7. The summed E-state index contributed by atoms with van der Waals surface area (Å²) < 4.78 is 0. The number of carbonyl (C=O) groups is 1. The molecule has 7 nitrogen and oxygen atoms in total. The molecule has 4 rings (SSSR count). The van der Waals surface area contributed by atoms with Gasteiger partial charge in [-0.1, -0.05) is 23.9 Å². The van der Waals surface area contributed by atoms with Crippen LogP contribution in [0.1, 0.15) is 21.5 Å². The van der Waals surface area contributed by atoms with Crippen molar-refractivity contribution in [2.24, 2.45) is 0 Å². The Morgan fingerprint density at radius 3 is 2.57 bits per heavy atom. The number of anilines is 1. The van der Waals surface area contributed by atoms with Crippen molar-refractivity contribution in [3.05, 3.63) is 83.9 Å². The molecule has 2 N–H and O–H groups in total. The second-order valence-electron chi connectivity index (χ2n) is 6.34. The van der Waals surface area contributed by atoms with Gasteiger partial charge in [0.05, 0.1) is 0 Å². The number of rotatable bonds is 7. The largest absolute Gasteiger partial charge is 0.322 e. The number of amides is 1. The van der Waals surface area contributed by atoms with Gasteiger partial charge in [-0.3, -0.25) is 9.89 Å². The fourth-order valence-electron chi connectivity index (χ4n) is 2.65. The molecular formula is C21H18N6OS2. The molecule has 0 bridgehead atoms. The highest BCUT2D eigenvalue weighted by atomic mass is 32.2. The number of aromatic nitrogens is 5. The van der Waals surface area contributed by atoms with Crippen LogP contribution >= 0.6 is 23.5 Å². The third-order valence-corrected chi connectivity index (χ3v) is 6.01. The van der Waals surface area contributed by atoms with E-state index >= 15 is 0 Å². The van der Waals surface area contributed by atoms with Gasteiger partial charge in [-0.15, -0.1) is 0 Å². The molecule has 150 valence electrons. The van der Waals surface area contributed by atoms with Gasteiger partial charge in [-0.25, -0.2) is 15.0 Å². The molecule has 0 atom stereocenters. The fourth-order valence-corrected chi connectivity index (χ4v) is 4.19. The zero-order chi connectivity index (χ0) is 20.8.